The van der Waals surface area contributed by atoms with Crippen LogP contribution in [0.5, 0.6) is 11.5 Å². The summed E-state index contributed by atoms with van der Waals surface area (Å²) in [6, 6.07) is 17.5. The third-order valence-electron chi connectivity index (χ3n) is 8.14. The second-order valence-corrected chi connectivity index (χ2v) is 12.3. The molecule has 0 aliphatic rings. The predicted octanol–water partition coefficient (Wildman–Crippen LogP) is 10.7. The molecule has 3 N–H and O–H groups in total. The number of aliphatic hydroxyl groups excluding tert-OH is 3. The molecule has 0 bridgehead atoms. The maximum absolute atomic E-state index is 8.17. The van der Waals surface area contributed by atoms with E-state index in [1.165, 1.54) is 152 Å². The minimum absolute atomic E-state index is 0.365. The first-order valence-corrected chi connectivity index (χ1v) is 17.9. The number of ether oxygens (including phenoxy) is 1. The van der Waals surface area contributed by atoms with Crippen LogP contribution >= 0.6 is 0 Å². The average molecular weight is 599 g/mol. The zero-order valence-corrected chi connectivity index (χ0v) is 27.9. The largest absolute Gasteiger partial charge is 0.457 e. The first kappa shape index (κ1) is 39.1. The molecule has 0 aliphatic heterocycles. The maximum atomic E-state index is 8.17. The van der Waals surface area contributed by atoms with Gasteiger partial charge in [0.2, 0.25) is 0 Å². The van der Waals surface area contributed by atoms with Crippen LogP contribution in [0.4, 0.5) is 0 Å². The summed E-state index contributed by atoms with van der Waals surface area (Å²) in [5.74, 6) is 1.88. The Morgan fingerprint density at radius 2 is 0.721 bits per heavy atom. The monoisotopic (exact) mass is 598 g/mol. The molecule has 0 amide bonds. The zero-order chi connectivity index (χ0) is 31.2. The molecule has 2 aromatic carbocycles. The molecule has 2 aromatic rings. The van der Waals surface area contributed by atoms with Crippen LogP contribution in [0, 0.1) is 0 Å². The summed E-state index contributed by atoms with van der Waals surface area (Å²) < 4.78 is 6.10. The molecule has 0 spiro atoms. The van der Waals surface area contributed by atoms with Crippen LogP contribution in [0.25, 0.3) is 0 Å². The molecular formula is C39H66O4. The molecule has 0 atom stereocenters. The van der Waals surface area contributed by atoms with E-state index in [0.717, 1.165) is 11.5 Å². The lowest BCUT2D eigenvalue weighted by atomic mass is 10.0. The van der Waals surface area contributed by atoms with Crippen LogP contribution in [-0.2, 0) is 12.8 Å². The Morgan fingerprint density at radius 1 is 0.442 bits per heavy atom. The topological polar surface area (TPSA) is 69.9 Å². The summed E-state index contributed by atoms with van der Waals surface area (Å²) >= 11 is 0. The molecule has 0 aliphatic carbocycles. The van der Waals surface area contributed by atoms with Gasteiger partial charge in [0, 0.05) is 0 Å². The van der Waals surface area contributed by atoms with E-state index < -0.39 is 6.10 Å². The summed E-state index contributed by atoms with van der Waals surface area (Å²) in [7, 11) is 0. The zero-order valence-electron chi connectivity index (χ0n) is 27.9. The molecule has 0 unspecified atom stereocenters. The van der Waals surface area contributed by atoms with Gasteiger partial charge >= 0.3 is 0 Å². The van der Waals surface area contributed by atoms with E-state index in [9.17, 15) is 0 Å². The van der Waals surface area contributed by atoms with Gasteiger partial charge in [-0.1, -0.05) is 154 Å². The molecule has 246 valence electrons. The van der Waals surface area contributed by atoms with Crippen LogP contribution in [0.1, 0.15) is 153 Å². The third-order valence-corrected chi connectivity index (χ3v) is 8.14. The molecule has 0 fully saturated rings. The van der Waals surface area contributed by atoms with Crippen molar-refractivity contribution in [2.45, 2.75) is 161 Å². The van der Waals surface area contributed by atoms with Crippen molar-refractivity contribution in [1.82, 2.24) is 0 Å². The van der Waals surface area contributed by atoms with E-state index in [-0.39, 0.29) is 13.2 Å². The van der Waals surface area contributed by atoms with E-state index in [2.05, 4.69) is 62.4 Å². The fraction of sp³-hybridized carbons (Fsp3) is 0.692. The number of benzene rings is 2. The van der Waals surface area contributed by atoms with Gasteiger partial charge in [-0.2, -0.15) is 0 Å². The molecule has 43 heavy (non-hydrogen) atoms. The van der Waals surface area contributed by atoms with Crippen LogP contribution in [-0.4, -0.2) is 34.6 Å². The highest BCUT2D eigenvalue weighted by molar-refractivity contribution is 5.34. The maximum Gasteiger partial charge on any atom is 0.127 e. The van der Waals surface area contributed by atoms with Gasteiger partial charge in [-0.15, -0.1) is 0 Å². The van der Waals surface area contributed by atoms with Gasteiger partial charge in [-0.3, -0.25) is 0 Å². The van der Waals surface area contributed by atoms with Crippen LogP contribution in [0.15, 0.2) is 48.5 Å². The minimum atomic E-state index is -0.954. The highest BCUT2D eigenvalue weighted by Crippen LogP contribution is 2.23. The number of aryl methyl sites for hydroxylation is 2. The van der Waals surface area contributed by atoms with E-state index in [0.29, 0.717) is 0 Å². The van der Waals surface area contributed by atoms with E-state index in [4.69, 9.17) is 20.1 Å². The van der Waals surface area contributed by atoms with Crippen LogP contribution < -0.4 is 4.74 Å². The van der Waals surface area contributed by atoms with E-state index >= 15 is 0 Å². The standard InChI is InChI=1S/C36H58O.C3H8O3/c1-3-5-7-9-11-13-15-17-19-21-23-33-25-29-35(30-26-33)37-36-31-27-34(28-32-36)24-22-20-18-16-14-12-10-8-6-4-2;4-1-3(6)2-5/h25-32H,3-24H2,1-2H3;3-6H,1-2H2. The number of rotatable bonds is 26. The number of hydrogen-bond donors (Lipinski definition) is 3. The van der Waals surface area contributed by atoms with Gasteiger partial charge < -0.3 is 20.1 Å². The normalized spacial score (nSPS) is 11.0. The number of aliphatic hydroxyl groups is 3. The van der Waals surface area contributed by atoms with Gasteiger partial charge in [0.05, 0.1) is 13.2 Å². The van der Waals surface area contributed by atoms with Gasteiger partial charge in [-0.05, 0) is 61.1 Å². The lowest BCUT2D eigenvalue weighted by molar-refractivity contribution is 0.0450. The van der Waals surface area contributed by atoms with Crippen molar-refractivity contribution in [3.63, 3.8) is 0 Å². The number of hydrogen-bond acceptors (Lipinski definition) is 4. The SMILES string of the molecule is CCCCCCCCCCCCc1ccc(Oc2ccc(CCCCCCCCCCCC)cc2)cc1.OCC(O)CO. The first-order chi connectivity index (χ1) is 21.1. The van der Waals surface area contributed by atoms with Crippen molar-refractivity contribution < 1.29 is 20.1 Å². The van der Waals surface area contributed by atoms with Crippen molar-refractivity contribution in [2.24, 2.45) is 0 Å². The summed E-state index contributed by atoms with van der Waals surface area (Å²) in [6.45, 7) is 3.85. The Labute approximate surface area is 265 Å². The number of unbranched alkanes of at least 4 members (excludes halogenated alkanes) is 18. The highest BCUT2D eigenvalue weighted by atomic mass is 16.5. The second-order valence-electron chi connectivity index (χ2n) is 12.3. The van der Waals surface area contributed by atoms with E-state index in [1.807, 2.05) is 0 Å². The molecule has 2 rings (SSSR count). The van der Waals surface area contributed by atoms with Gasteiger partial charge in [-0.25, -0.2) is 0 Å². The lowest BCUT2D eigenvalue weighted by Crippen LogP contribution is -2.15. The van der Waals surface area contributed by atoms with Crippen molar-refractivity contribution in [3.8, 4) is 11.5 Å². The molecular weight excluding hydrogens is 532 g/mol. The lowest BCUT2D eigenvalue weighted by Gasteiger charge is -2.08. The molecule has 4 nitrogen and oxygen atoms in total. The molecule has 0 heterocycles. The second kappa shape index (κ2) is 28.9. The summed E-state index contributed by atoms with van der Waals surface area (Å²) in [5.41, 5.74) is 2.86. The van der Waals surface area contributed by atoms with E-state index in [1.54, 1.807) is 0 Å². The fourth-order valence-corrected chi connectivity index (χ4v) is 5.28. The first-order valence-electron chi connectivity index (χ1n) is 17.9. The summed E-state index contributed by atoms with van der Waals surface area (Å²) in [6.07, 6.45) is 29.3. The summed E-state index contributed by atoms with van der Waals surface area (Å²) in [4.78, 5) is 0. The summed E-state index contributed by atoms with van der Waals surface area (Å²) in [5, 5.41) is 24.0. The Balaban J connectivity index is 0.00000139. The molecule has 0 saturated heterocycles. The van der Waals surface area contributed by atoms with Crippen LogP contribution in [0.2, 0.25) is 0 Å². The van der Waals surface area contributed by atoms with Gasteiger partial charge in [0.1, 0.15) is 17.6 Å². The molecule has 0 radical (unpaired) electrons. The van der Waals surface area contributed by atoms with Gasteiger partial charge in [0.25, 0.3) is 0 Å². The smallest absolute Gasteiger partial charge is 0.127 e. The Hall–Kier alpha value is -1.88. The van der Waals surface area contributed by atoms with Crippen molar-refractivity contribution >= 4 is 0 Å². The molecule has 4 heteroatoms. The highest BCUT2D eigenvalue weighted by Gasteiger charge is 2.01. The predicted molar refractivity (Wildman–Crippen MR) is 184 cm³/mol. The van der Waals surface area contributed by atoms with Gasteiger partial charge in [0.15, 0.2) is 0 Å². The minimum Gasteiger partial charge on any atom is -0.457 e. The quantitative estimate of drug-likeness (QED) is 0.0942. The van der Waals surface area contributed by atoms with Crippen LogP contribution in [0.3, 0.4) is 0 Å². The van der Waals surface area contributed by atoms with Crippen molar-refractivity contribution in [2.75, 3.05) is 13.2 Å². The molecule has 0 saturated carbocycles. The fourth-order valence-electron chi connectivity index (χ4n) is 5.28. The van der Waals surface area contributed by atoms with Crippen molar-refractivity contribution in [1.29, 1.82) is 0 Å². The molecule has 0 aromatic heterocycles. The Morgan fingerprint density at radius 3 is 0.977 bits per heavy atom. The Kier molecular flexibility index (Phi) is 26.3. The Bertz CT molecular complexity index is 764. The average Bonchev–Trinajstić information content (AvgIpc) is 3.04. The third kappa shape index (κ3) is 23.2. The van der Waals surface area contributed by atoms with Crippen molar-refractivity contribution in [3.05, 3.63) is 59.7 Å².